The summed E-state index contributed by atoms with van der Waals surface area (Å²) in [7, 11) is 0. The Labute approximate surface area is 125 Å². The molecule has 1 aliphatic rings. The van der Waals surface area contributed by atoms with E-state index in [1.54, 1.807) is 0 Å². The SMILES string of the molecule is CCC1CCCC(NCc2nc3ccccc3s2)CC1. The van der Waals surface area contributed by atoms with E-state index >= 15 is 0 Å². The van der Waals surface area contributed by atoms with Crippen LogP contribution in [0.3, 0.4) is 0 Å². The molecule has 2 unspecified atom stereocenters. The third-order valence-electron chi connectivity index (χ3n) is 4.55. The summed E-state index contributed by atoms with van der Waals surface area (Å²) in [6.45, 7) is 3.26. The summed E-state index contributed by atoms with van der Waals surface area (Å²) in [5.41, 5.74) is 1.14. The molecule has 20 heavy (non-hydrogen) atoms. The van der Waals surface area contributed by atoms with Crippen LogP contribution in [0.2, 0.25) is 0 Å². The van der Waals surface area contributed by atoms with Gasteiger partial charge in [0.05, 0.1) is 10.2 Å². The second-order valence-corrected chi connectivity index (χ2v) is 7.05. The number of nitrogens with one attached hydrogen (secondary N) is 1. The highest BCUT2D eigenvalue weighted by atomic mass is 32.1. The van der Waals surface area contributed by atoms with Crippen molar-refractivity contribution in [3.8, 4) is 0 Å². The van der Waals surface area contributed by atoms with Gasteiger partial charge in [-0.25, -0.2) is 4.98 Å². The van der Waals surface area contributed by atoms with Crippen LogP contribution < -0.4 is 5.32 Å². The van der Waals surface area contributed by atoms with E-state index < -0.39 is 0 Å². The van der Waals surface area contributed by atoms with Gasteiger partial charge in [-0.15, -0.1) is 11.3 Å². The second-order valence-electron chi connectivity index (χ2n) is 5.94. The van der Waals surface area contributed by atoms with Gasteiger partial charge in [-0.05, 0) is 37.3 Å². The van der Waals surface area contributed by atoms with Crippen molar-refractivity contribution >= 4 is 21.6 Å². The predicted molar refractivity (Wildman–Crippen MR) is 87.1 cm³/mol. The van der Waals surface area contributed by atoms with Crippen molar-refractivity contribution < 1.29 is 0 Å². The molecular formula is C17H24N2S. The molecule has 0 aliphatic heterocycles. The highest BCUT2D eigenvalue weighted by Gasteiger charge is 2.17. The first-order chi connectivity index (χ1) is 9.85. The topological polar surface area (TPSA) is 24.9 Å². The quantitative estimate of drug-likeness (QED) is 0.822. The first kappa shape index (κ1) is 14.0. The normalized spacial score (nSPS) is 23.9. The Morgan fingerprint density at radius 1 is 1.20 bits per heavy atom. The number of hydrogen-bond donors (Lipinski definition) is 1. The molecule has 0 spiro atoms. The molecule has 1 N–H and O–H groups in total. The number of thiazole rings is 1. The second kappa shape index (κ2) is 6.68. The van der Waals surface area contributed by atoms with E-state index in [1.165, 1.54) is 48.2 Å². The zero-order valence-corrected chi connectivity index (χ0v) is 13.1. The van der Waals surface area contributed by atoms with Crippen LogP contribution in [0.25, 0.3) is 10.2 Å². The Morgan fingerprint density at radius 3 is 2.95 bits per heavy atom. The average Bonchev–Trinajstić information content (AvgIpc) is 2.75. The van der Waals surface area contributed by atoms with Gasteiger partial charge in [0, 0.05) is 12.6 Å². The standard InChI is InChI=1S/C17H24N2S/c1-2-13-6-5-7-14(11-10-13)18-12-17-19-15-8-3-4-9-16(15)20-17/h3-4,8-9,13-14,18H,2,5-7,10-12H2,1H3. The number of hydrogen-bond acceptors (Lipinski definition) is 3. The van der Waals surface area contributed by atoms with Gasteiger partial charge in [0.2, 0.25) is 0 Å². The van der Waals surface area contributed by atoms with E-state index in [-0.39, 0.29) is 0 Å². The largest absolute Gasteiger partial charge is 0.308 e. The molecule has 1 aromatic heterocycles. The van der Waals surface area contributed by atoms with Gasteiger partial charge in [-0.1, -0.05) is 38.3 Å². The highest BCUT2D eigenvalue weighted by Crippen LogP contribution is 2.26. The molecule has 1 aliphatic carbocycles. The first-order valence-electron chi connectivity index (χ1n) is 7.93. The Hall–Kier alpha value is -0.930. The lowest BCUT2D eigenvalue weighted by Gasteiger charge is -2.15. The monoisotopic (exact) mass is 288 g/mol. The maximum atomic E-state index is 4.71. The number of para-hydroxylation sites is 1. The molecule has 108 valence electrons. The van der Waals surface area contributed by atoms with E-state index in [0.29, 0.717) is 6.04 Å². The summed E-state index contributed by atoms with van der Waals surface area (Å²) in [5, 5.41) is 4.96. The van der Waals surface area contributed by atoms with Crippen LogP contribution in [-0.4, -0.2) is 11.0 Å². The molecule has 1 fully saturated rings. The van der Waals surface area contributed by atoms with Crippen molar-refractivity contribution in [2.24, 2.45) is 5.92 Å². The van der Waals surface area contributed by atoms with E-state index in [0.717, 1.165) is 18.0 Å². The lowest BCUT2D eigenvalue weighted by atomic mass is 9.98. The molecule has 0 saturated heterocycles. The summed E-state index contributed by atoms with van der Waals surface area (Å²) in [6.07, 6.45) is 8.23. The molecule has 0 radical (unpaired) electrons. The summed E-state index contributed by atoms with van der Waals surface area (Å²) in [5.74, 6) is 0.962. The average molecular weight is 288 g/mol. The van der Waals surface area contributed by atoms with Gasteiger partial charge >= 0.3 is 0 Å². The molecule has 2 nitrogen and oxygen atoms in total. The van der Waals surface area contributed by atoms with Crippen molar-refractivity contribution in [1.82, 2.24) is 10.3 Å². The van der Waals surface area contributed by atoms with Gasteiger partial charge < -0.3 is 5.32 Å². The number of benzene rings is 1. The van der Waals surface area contributed by atoms with E-state index in [9.17, 15) is 0 Å². The van der Waals surface area contributed by atoms with E-state index in [2.05, 4.69) is 36.5 Å². The van der Waals surface area contributed by atoms with Crippen LogP contribution in [0.15, 0.2) is 24.3 Å². The van der Waals surface area contributed by atoms with Crippen LogP contribution in [-0.2, 0) is 6.54 Å². The highest BCUT2D eigenvalue weighted by molar-refractivity contribution is 7.18. The number of aromatic nitrogens is 1. The maximum absolute atomic E-state index is 4.71. The van der Waals surface area contributed by atoms with Crippen LogP contribution in [0, 0.1) is 5.92 Å². The molecule has 1 aromatic carbocycles. The van der Waals surface area contributed by atoms with Crippen LogP contribution >= 0.6 is 11.3 Å². The van der Waals surface area contributed by atoms with Crippen molar-refractivity contribution in [1.29, 1.82) is 0 Å². The molecule has 3 rings (SSSR count). The summed E-state index contributed by atoms with van der Waals surface area (Å²) < 4.78 is 1.30. The zero-order valence-electron chi connectivity index (χ0n) is 12.3. The fraction of sp³-hybridized carbons (Fsp3) is 0.588. The Balaban J connectivity index is 1.56. The molecule has 2 aromatic rings. The van der Waals surface area contributed by atoms with Crippen molar-refractivity contribution in [3.63, 3.8) is 0 Å². The Morgan fingerprint density at radius 2 is 2.10 bits per heavy atom. The van der Waals surface area contributed by atoms with E-state index in [4.69, 9.17) is 4.98 Å². The van der Waals surface area contributed by atoms with Gasteiger partial charge in [-0.3, -0.25) is 0 Å². The minimum atomic E-state index is 0.693. The van der Waals surface area contributed by atoms with Crippen LogP contribution in [0.5, 0.6) is 0 Å². The van der Waals surface area contributed by atoms with Gasteiger partial charge in [0.15, 0.2) is 0 Å². The molecule has 1 heterocycles. The fourth-order valence-corrected chi connectivity index (χ4v) is 4.14. The molecule has 1 saturated carbocycles. The molecule has 3 heteroatoms. The maximum Gasteiger partial charge on any atom is 0.108 e. The summed E-state index contributed by atoms with van der Waals surface area (Å²) >= 11 is 1.82. The van der Waals surface area contributed by atoms with Gasteiger partial charge in [0.1, 0.15) is 5.01 Å². The number of rotatable bonds is 4. The Bertz CT molecular complexity index is 516. The van der Waals surface area contributed by atoms with Crippen molar-refractivity contribution in [2.75, 3.05) is 0 Å². The van der Waals surface area contributed by atoms with Crippen LogP contribution in [0.1, 0.15) is 50.5 Å². The molecule has 2 atom stereocenters. The predicted octanol–water partition coefficient (Wildman–Crippen LogP) is 4.74. The third-order valence-corrected chi connectivity index (χ3v) is 5.58. The van der Waals surface area contributed by atoms with Gasteiger partial charge in [-0.2, -0.15) is 0 Å². The molecule has 0 bridgehead atoms. The van der Waals surface area contributed by atoms with Gasteiger partial charge in [0.25, 0.3) is 0 Å². The first-order valence-corrected chi connectivity index (χ1v) is 8.74. The third kappa shape index (κ3) is 3.39. The lowest BCUT2D eigenvalue weighted by molar-refractivity contribution is 0.425. The van der Waals surface area contributed by atoms with Crippen molar-refractivity contribution in [3.05, 3.63) is 29.3 Å². The zero-order chi connectivity index (χ0) is 13.8. The molecule has 0 amide bonds. The number of nitrogens with zero attached hydrogens (tertiary/aromatic N) is 1. The lowest BCUT2D eigenvalue weighted by Crippen LogP contribution is -2.27. The minimum Gasteiger partial charge on any atom is -0.308 e. The smallest absolute Gasteiger partial charge is 0.108 e. The molecular weight excluding hydrogens is 264 g/mol. The fourth-order valence-electron chi connectivity index (χ4n) is 3.22. The number of fused-ring (bicyclic) bond motifs is 1. The summed E-state index contributed by atoms with van der Waals surface area (Å²) in [6, 6.07) is 9.11. The van der Waals surface area contributed by atoms with Crippen LogP contribution in [0.4, 0.5) is 0 Å². The Kier molecular flexibility index (Phi) is 4.69. The van der Waals surface area contributed by atoms with E-state index in [1.807, 2.05) is 11.3 Å². The minimum absolute atomic E-state index is 0.693. The van der Waals surface area contributed by atoms with Crippen molar-refractivity contribution in [2.45, 2.75) is 58.0 Å². The summed E-state index contributed by atoms with van der Waals surface area (Å²) in [4.78, 5) is 4.71.